The van der Waals surface area contributed by atoms with E-state index in [-0.39, 0.29) is 23.6 Å². The Balaban J connectivity index is 2.40. The summed E-state index contributed by atoms with van der Waals surface area (Å²) in [6, 6.07) is 3.63. The van der Waals surface area contributed by atoms with Crippen molar-refractivity contribution in [2.45, 2.75) is 40.0 Å². The molecule has 160 valence electrons. The molecule has 8 heteroatoms. The topological polar surface area (TPSA) is 94.2 Å². The van der Waals surface area contributed by atoms with E-state index in [9.17, 15) is 4.79 Å². The molecule has 0 aliphatic carbocycles. The molecule has 0 saturated carbocycles. The van der Waals surface area contributed by atoms with Gasteiger partial charge in [0.05, 0.1) is 40.5 Å². The van der Waals surface area contributed by atoms with Crippen LogP contribution in [0.2, 0.25) is 5.02 Å². The Morgan fingerprint density at radius 1 is 1.33 bits per heavy atom. The van der Waals surface area contributed by atoms with Gasteiger partial charge in [0.15, 0.2) is 0 Å². The van der Waals surface area contributed by atoms with Crippen molar-refractivity contribution >= 4 is 29.3 Å². The largest absolute Gasteiger partial charge is 0.383 e. The van der Waals surface area contributed by atoms with E-state index in [1.165, 1.54) is 4.90 Å². The lowest BCUT2D eigenvalue weighted by atomic mass is 9.89. The predicted octanol–water partition coefficient (Wildman–Crippen LogP) is 3.38. The van der Waals surface area contributed by atoms with Crippen molar-refractivity contribution in [3.8, 4) is 11.8 Å². The average molecular weight is 430 g/mol. The first-order valence-electron chi connectivity index (χ1n) is 9.66. The molecule has 2 heterocycles. The number of aryl methyl sites for hydroxylation is 1. The molecule has 2 aromatic rings. The van der Waals surface area contributed by atoms with Crippen molar-refractivity contribution in [1.82, 2.24) is 15.0 Å². The van der Waals surface area contributed by atoms with Crippen molar-refractivity contribution in [3.63, 3.8) is 0 Å². The molecule has 0 aliphatic rings. The van der Waals surface area contributed by atoms with Crippen molar-refractivity contribution in [2.24, 2.45) is 5.92 Å². The molecule has 1 amide bonds. The van der Waals surface area contributed by atoms with Crippen LogP contribution in [0.25, 0.3) is 0 Å². The quantitative estimate of drug-likeness (QED) is 0.707. The maximum absolute atomic E-state index is 12.6. The van der Waals surface area contributed by atoms with E-state index in [1.54, 1.807) is 26.3 Å². The highest BCUT2D eigenvalue weighted by atomic mass is 35.5. The first-order valence-corrected chi connectivity index (χ1v) is 10.0. The normalized spacial score (nSPS) is 11.2. The standard InChI is InChI=1S/C22H28ClN5O2/c1-14(2)20(29)28(11-12-30-6)21-26-15(3)17(19(24)27-21)9-10-22(4,5)18-8-7-16(23)13-25-18/h7-8,13-14H,11-12H2,1-6H3,(H2,24,26,27). The summed E-state index contributed by atoms with van der Waals surface area (Å²) in [4.78, 5) is 27.3. The summed E-state index contributed by atoms with van der Waals surface area (Å²) < 4.78 is 5.12. The number of anilines is 2. The van der Waals surface area contributed by atoms with Gasteiger partial charge in [0.2, 0.25) is 11.9 Å². The van der Waals surface area contributed by atoms with Crippen molar-refractivity contribution in [1.29, 1.82) is 0 Å². The number of amides is 1. The van der Waals surface area contributed by atoms with E-state index >= 15 is 0 Å². The van der Waals surface area contributed by atoms with Crippen LogP contribution in [0.15, 0.2) is 18.3 Å². The number of aromatic nitrogens is 3. The van der Waals surface area contributed by atoms with Gasteiger partial charge in [0.25, 0.3) is 0 Å². The van der Waals surface area contributed by atoms with Gasteiger partial charge in [-0.2, -0.15) is 4.98 Å². The lowest BCUT2D eigenvalue weighted by Crippen LogP contribution is -2.38. The van der Waals surface area contributed by atoms with Gasteiger partial charge in [0, 0.05) is 19.2 Å². The maximum atomic E-state index is 12.6. The fraction of sp³-hybridized carbons (Fsp3) is 0.455. The third kappa shape index (κ3) is 5.68. The van der Waals surface area contributed by atoms with Gasteiger partial charge in [-0.3, -0.25) is 14.7 Å². The fourth-order valence-electron chi connectivity index (χ4n) is 2.69. The molecule has 0 aliphatic heterocycles. The Bertz CT molecular complexity index is 939. The molecular formula is C22H28ClN5O2. The van der Waals surface area contributed by atoms with E-state index in [0.717, 1.165) is 5.69 Å². The molecule has 0 fully saturated rings. The number of pyridine rings is 1. The highest BCUT2D eigenvalue weighted by molar-refractivity contribution is 6.30. The number of carbonyl (C=O) groups excluding carboxylic acids is 1. The van der Waals surface area contributed by atoms with Crippen molar-refractivity contribution in [2.75, 3.05) is 30.9 Å². The van der Waals surface area contributed by atoms with Gasteiger partial charge >= 0.3 is 0 Å². The van der Waals surface area contributed by atoms with Gasteiger partial charge in [-0.1, -0.05) is 37.3 Å². The number of halogens is 1. The lowest BCUT2D eigenvalue weighted by molar-refractivity contribution is -0.121. The van der Waals surface area contributed by atoms with Crippen LogP contribution in [-0.2, 0) is 14.9 Å². The van der Waals surface area contributed by atoms with Crippen LogP contribution in [-0.4, -0.2) is 41.1 Å². The van der Waals surface area contributed by atoms with Crippen LogP contribution < -0.4 is 10.6 Å². The molecule has 0 atom stereocenters. The Kier molecular flexibility index (Phi) is 7.77. The second-order valence-corrected chi connectivity index (χ2v) is 8.18. The Hall–Kier alpha value is -2.69. The van der Waals surface area contributed by atoms with Crippen LogP contribution >= 0.6 is 11.6 Å². The molecule has 7 nitrogen and oxygen atoms in total. The Morgan fingerprint density at radius 3 is 2.57 bits per heavy atom. The molecule has 2 rings (SSSR count). The molecule has 0 saturated heterocycles. The number of ether oxygens (including phenoxy) is 1. The second kappa shape index (κ2) is 9.88. The highest BCUT2D eigenvalue weighted by Crippen LogP contribution is 2.23. The first kappa shape index (κ1) is 23.6. The van der Waals surface area contributed by atoms with Crippen LogP contribution in [0.5, 0.6) is 0 Å². The number of nitrogen functional groups attached to an aromatic ring is 1. The van der Waals surface area contributed by atoms with Gasteiger partial charge in [-0.15, -0.1) is 0 Å². The minimum Gasteiger partial charge on any atom is -0.383 e. The fourth-order valence-corrected chi connectivity index (χ4v) is 2.80. The number of methoxy groups -OCH3 is 1. The monoisotopic (exact) mass is 429 g/mol. The minimum absolute atomic E-state index is 0.0976. The molecule has 0 bridgehead atoms. The molecule has 0 radical (unpaired) electrons. The number of nitrogens with zero attached hydrogens (tertiary/aromatic N) is 4. The van der Waals surface area contributed by atoms with Gasteiger partial charge in [-0.05, 0) is 32.9 Å². The summed E-state index contributed by atoms with van der Waals surface area (Å²) in [5.41, 5.74) is 7.60. The average Bonchev–Trinajstić information content (AvgIpc) is 2.67. The van der Waals surface area contributed by atoms with Gasteiger partial charge < -0.3 is 10.5 Å². The summed E-state index contributed by atoms with van der Waals surface area (Å²) in [6.45, 7) is 10.1. The predicted molar refractivity (Wildman–Crippen MR) is 119 cm³/mol. The molecule has 0 spiro atoms. The zero-order valence-corrected chi connectivity index (χ0v) is 19.0. The van der Waals surface area contributed by atoms with E-state index in [1.807, 2.05) is 33.8 Å². The van der Waals surface area contributed by atoms with Gasteiger partial charge in [0.1, 0.15) is 5.82 Å². The molecular weight excluding hydrogens is 402 g/mol. The summed E-state index contributed by atoms with van der Waals surface area (Å²) in [6.07, 6.45) is 1.60. The van der Waals surface area contributed by atoms with Crippen LogP contribution in [0.3, 0.4) is 0 Å². The van der Waals surface area contributed by atoms with E-state index < -0.39 is 5.41 Å². The third-order valence-electron chi connectivity index (χ3n) is 4.49. The summed E-state index contributed by atoms with van der Waals surface area (Å²) in [5, 5.41) is 0.570. The number of hydrogen-bond acceptors (Lipinski definition) is 6. The lowest BCUT2D eigenvalue weighted by Gasteiger charge is -2.23. The van der Waals surface area contributed by atoms with Crippen LogP contribution in [0, 0.1) is 24.7 Å². The Morgan fingerprint density at radius 2 is 2.03 bits per heavy atom. The third-order valence-corrected chi connectivity index (χ3v) is 4.72. The van der Waals surface area contributed by atoms with E-state index in [2.05, 4.69) is 26.8 Å². The summed E-state index contributed by atoms with van der Waals surface area (Å²) >= 11 is 5.92. The zero-order chi connectivity index (χ0) is 22.5. The van der Waals surface area contributed by atoms with E-state index in [0.29, 0.717) is 29.4 Å². The number of carbonyl (C=O) groups is 1. The SMILES string of the molecule is COCCN(C(=O)C(C)C)c1nc(C)c(C#CC(C)(C)c2ccc(Cl)cn2)c(N)n1. The number of hydrogen-bond donors (Lipinski definition) is 1. The summed E-state index contributed by atoms with van der Waals surface area (Å²) in [5.74, 6) is 6.47. The smallest absolute Gasteiger partial charge is 0.234 e. The zero-order valence-electron chi connectivity index (χ0n) is 18.3. The summed E-state index contributed by atoms with van der Waals surface area (Å²) in [7, 11) is 1.58. The molecule has 0 aromatic carbocycles. The molecule has 2 N–H and O–H groups in total. The van der Waals surface area contributed by atoms with E-state index in [4.69, 9.17) is 22.1 Å². The second-order valence-electron chi connectivity index (χ2n) is 7.74. The highest BCUT2D eigenvalue weighted by Gasteiger charge is 2.23. The molecule has 30 heavy (non-hydrogen) atoms. The maximum Gasteiger partial charge on any atom is 0.234 e. The number of rotatable bonds is 6. The van der Waals surface area contributed by atoms with Crippen LogP contribution in [0.4, 0.5) is 11.8 Å². The molecule has 0 unspecified atom stereocenters. The number of nitrogens with two attached hydrogens (primary N) is 1. The van der Waals surface area contributed by atoms with Crippen LogP contribution in [0.1, 0.15) is 44.6 Å². The van der Waals surface area contributed by atoms with Crippen molar-refractivity contribution < 1.29 is 9.53 Å². The van der Waals surface area contributed by atoms with Crippen molar-refractivity contribution in [3.05, 3.63) is 40.3 Å². The first-order chi connectivity index (χ1) is 14.1. The van der Waals surface area contributed by atoms with Gasteiger partial charge in [-0.25, -0.2) is 4.98 Å². The minimum atomic E-state index is -0.528. The molecule has 2 aromatic heterocycles. The Labute approximate surface area is 183 Å².